The van der Waals surface area contributed by atoms with E-state index in [1.54, 1.807) is 0 Å². The Morgan fingerprint density at radius 1 is 1.44 bits per heavy atom. The number of anilines is 1. The quantitative estimate of drug-likeness (QED) is 0.855. The Morgan fingerprint density at radius 3 is 2.72 bits per heavy atom. The van der Waals surface area contributed by atoms with Crippen LogP contribution in [0.3, 0.4) is 0 Å². The monoisotopic (exact) mass is 311 g/mol. The Morgan fingerprint density at radius 2 is 2.11 bits per heavy atom. The summed E-state index contributed by atoms with van der Waals surface area (Å²) in [6.45, 7) is 5.68. The first-order valence-electron chi connectivity index (χ1n) is 6.58. The maximum atomic E-state index is 4.49. The van der Waals surface area contributed by atoms with E-state index in [9.17, 15) is 0 Å². The van der Waals surface area contributed by atoms with Gasteiger partial charge < -0.3 is 9.80 Å². The Kier molecular flexibility index (Phi) is 4.62. The molecule has 2 heterocycles. The second-order valence-corrected chi connectivity index (χ2v) is 6.27. The Labute approximate surface area is 118 Å². The maximum absolute atomic E-state index is 4.49. The van der Waals surface area contributed by atoms with Gasteiger partial charge in [-0.3, -0.25) is 0 Å². The summed E-state index contributed by atoms with van der Waals surface area (Å²) in [6, 6.07) is 2.15. The molecule has 3 nitrogen and oxygen atoms in total. The van der Waals surface area contributed by atoms with Crippen LogP contribution >= 0.6 is 15.9 Å². The van der Waals surface area contributed by atoms with E-state index in [1.807, 2.05) is 6.20 Å². The second-order valence-electron chi connectivity index (χ2n) is 5.42. The van der Waals surface area contributed by atoms with E-state index in [2.05, 4.69) is 57.8 Å². The molecule has 100 valence electrons. The van der Waals surface area contributed by atoms with Gasteiger partial charge in [-0.15, -0.1) is 0 Å². The van der Waals surface area contributed by atoms with Gasteiger partial charge in [-0.2, -0.15) is 0 Å². The molecule has 2 rings (SSSR count). The molecule has 1 fully saturated rings. The summed E-state index contributed by atoms with van der Waals surface area (Å²) >= 11 is 3.50. The average Bonchev–Trinajstić information content (AvgIpc) is 2.35. The minimum atomic E-state index is 0.803. The van der Waals surface area contributed by atoms with E-state index < -0.39 is 0 Å². The molecule has 18 heavy (non-hydrogen) atoms. The number of halogens is 1. The fraction of sp³-hybridized carbons (Fsp3) is 0.643. The number of hydrogen-bond acceptors (Lipinski definition) is 3. The van der Waals surface area contributed by atoms with Gasteiger partial charge in [-0.25, -0.2) is 4.98 Å². The summed E-state index contributed by atoms with van der Waals surface area (Å²) in [5, 5.41) is 0. The number of nitrogens with zero attached hydrogens (tertiary/aromatic N) is 3. The lowest BCUT2D eigenvalue weighted by atomic mass is 9.97. The Hall–Kier alpha value is -0.610. The average molecular weight is 312 g/mol. The highest BCUT2D eigenvalue weighted by Crippen LogP contribution is 2.22. The zero-order chi connectivity index (χ0) is 13.1. The lowest BCUT2D eigenvalue weighted by Crippen LogP contribution is -2.36. The topological polar surface area (TPSA) is 19.4 Å². The third-order valence-corrected chi connectivity index (χ3v) is 4.62. The predicted octanol–water partition coefficient (Wildman–Crippen LogP) is 2.93. The normalized spacial score (nSPS) is 18.0. The van der Waals surface area contributed by atoms with E-state index in [-0.39, 0.29) is 0 Å². The third-order valence-electron chi connectivity index (χ3n) is 3.79. The molecule has 1 aromatic heterocycles. The minimum Gasteiger partial charge on any atom is -0.359 e. The molecule has 0 aliphatic carbocycles. The van der Waals surface area contributed by atoms with Crippen LogP contribution in [0.1, 0.15) is 18.4 Å². The zero-order valence-electron chi connectivity index (χ0n) is 11.5. The van der Waals surface area contributed by atoms with E-state index in [4.69, 9.17) is 0 Å². The van der Waals surface area contributed by atoms with Gasteiger partial charge in [0.2, 0.25) is 0 Å². The summed E-state index contributed by atoms with van der Waals surface area (Å²) in [5.74, 6) is 1.88. The molecular weight excluding hydrogens is 290 g/mol. The minimum absolute atomic E-state index is 0.803. The fourth-order valence-corrected chi connectivity index (χ4v) is 2.68. The number of rotatable bonds is 3. The third kappa shape index (κ3) is 3.45. The molecule has 0 spiro atoms. The number of aryl methyl sites for hydroxylation is 1. The van der Waals surface area contributed by atoms with Gasteiger partial charge in [0.1, 0.15) is 5.82 Å². The molecule has 0 amide bonds. The Bertz CT molecular complexity index is 400. The van der Waals surface area contributed by atoms with Crippen LogP contribution in [0, 0.1) is 12.8 Å². The summed E-state index contributed by atoms with van der Waals surface area (Å²) in [7, 11) is 4.35. The fourth-order valence-electron chi connectivity index (χ4n) is 2.46. The molecule has 0 N–H and O–H groups in total. The van der Waals surface area contributed by atoms with Crippen LogP contribution in [0.25, 0.3) is 0 Å². The summed E-state index contributed by atoms with van der Waals surface area (Å²) in [4.78, 5) is 9.19. The number of pyridine rings is 1. The van der Waals surface area contributed by atoms with Gasteiger partial charge in [0.25, 0.3) is 0 Å². The van der Waals surface area contributed by atoms with Crippen LogP contribution in [0.15, 0.2) is 16.7 Å². The number of likely N-dealkylation sites (tertiary alicyclic amines) is 1. The van der Waals surface area contributed by atoms with E-state index in [1.165, 1.54) is 31.5 Å². The molecule has 0 aromatic carbocycles. The predicted molar refractivity (Wildman–Crippen MR) is 80.2 cm³/mol. The lowest BCUT2D eigenvalue weighted by molar-refractivity contribution is 0.222. The van der Waals surface area contributed by atoms with Crippen LogP contribution in [-0.4, -0.2) is 43.6 Å². The number of aromatic nitrogens is 1. The highest BCUT2D eigenvalue weighted by atomic mass is 79.9. The van der Waals surface area contributed by atoms with Crippen LogP contribution in [0.2, 0.25) is 0 Å². The van der Waals surface area contributed by atoms with Gasteiger partial charge in [0.15, 0.2) is 0 Å². The van der Waals surface area contributed by atoms with Crippen molar-refractivity contribution in [3.8, 4) is 0 Å². The van der Waals surface area contributed by atoms with Crippen molar-refractivity contribution in [1.29, 1.82) is 0 Å². The van der Waals surface area contributed by atoms with Gasteiger partial charge in [0, 0.05) is 24.3 Å². The van der Waals surface area contributed by atoms with Gasteiger partial charge in [-0.1, -0.05) is 0 Å². The maximum Gasteiger partial charge on any atom is 0.128 e. The molecule has 0 unspecified atom stereocenters. The van der Waals surface area contributed by atoms with Crippen molar-refractivity contribution in [2.45, 2.75) is 19.8 Å². The first-order valence-corrected chi connectivity index (χ1v) is 7.37. The molecule has 0 radical (unpaired) electrons. The van der Waals surface area contributed by atoms with Crippen molar-refractivity contribution >= 4 is 21.7 Å². The lowest BCUT2D eigenvalue weighted by Gasteiger charge is -2.32. The number of hydrogen-bond donors (Lipinski definition) is 0. The standard InChI is InChI=1S/C14H22BrN3/c1-11-8-14(16-9-13(11)15)18(3)10-12-4-6-17(2)7-5-12/h8-9,12H,4-7,10H2,1-3H3. The molecule has 4 heteroatoms. The molecule has 0 saturated carbocycles. The largest absolute Gasteiger partial charge is 0.359 e. The summed E-state index contributed by atoms with van der Waals surface area (Å²) in [6.07, 6.45) is 4.50. The van der Waals surface area contributed by atoms with Gasteiger partial charge in [0.05, 0.1) is 0 Å². The SMILES string of the molecule is Cc1cc(N(C)CC2CCN(C)CC2)ncc1Br. The molecule has 1 aromatic rings. The zero-order valence-corrected chi connectivity index (χ0v) is 13.1. The van der Waals surface area contributed by atoms with E-state index in [0.29, 0.717) is 0 Å². The molecular formula is C14H22BrN3. The smallest absolute Gasteiger partial charge is 0.128 e. The van der Waals surface area contributed by atoms with Crippen molar-refractivity contribution in [2.75, 3.05) is 38.6 Å². The second kappa shape index (κ2) is 6.02. The molecule has 1 saturated heterocycles. The van der Waals surface area contributed by atoms with Crippen LogP contribution < -0.4 is 4.90 Å². The first-order chi connectivity index (χ1) is 8.56. The van der Waals surface area contributed by atoms with Crippen molar-refractivity contribution in [1.82, 2.24) is 9.88 Å². The number of piperidine rings is 1. The van der Waals surface area contributed by atoms with Crippen LogP contribution in [-0.2, 0) is 0 Å². The van der Waals surface area contributed by atoms with Crippen molar-refractivity contribution in [3.63, 3.8) is 0 Å². The van der Waals surface area contributed by atoms with Crippen LogP contribution in [0.5, 0.6) is 0 Å². The van der Waals surface area contributed by atoms with E-state index in [0.717, 1.165) is 22.8 Å². The van der Waals surface area contributed by atoms with E-state index >= 15 is 0 Å². The Balaban J connectivity index is 1.94. The summed E-state index contributed by atoms with van der Waals surface area (Å²) in [5.41, 5.74) is 1.25. The molecule has 1 aliphatic rings. The van der Waals surface area contributed by atoms with Gasteiger partial charge >= 0.3 is 0 Å². The van der Waals surface area contributed by atoms with Crippen molar-refractivity contribution in [3.05, 3.63) is 22.3 Å². The van der Waals surface area contributed by atoms with Crippen LogP contribution in [0.4, 0.5) is 5.82 Å². The first kappa shape index (κ1) is 13.8. The van der Waals surface area contributed by atoms with Crippen molar-refractivity contribution < 1.29 is 0 Å². The van der Waals surface area contributed by atoms with Gasteiger partial charge in [-0.05, 0) is 73.4 Å². The molecule has 0 atom stereocenters. The highest BCUT2D eigenvalue weighted by molar-refractivity contribution is 9.10. The molecule has 1 aliphatic heterocycles. The summed E-state index contributed by atoms with van der Waals surface area (Å²) < 4.78 is 1.08. The highest BCUT2D eigenvalue weighted by Gasteiger charge is 2.18. The van der Waals surface area contributed by atoms with Crippen molar-refractivity contribution in [2.24, 2.45) is 5.92 Å². The molecule has 0 bridgehead atoms.